The Morgan fingerprint density at radius 3 is 1.97 bits per heavy atom. The highest BCUT2D eigenvalue weighted by atomic mass is 32.2. The van der Waals surface area contributed by atoms with Crippen molar-refractivity contribution < 1.29 is 22.9 Å². The van der Waals surface area contributed by atoms with Crippen LogP contribution in [-0.2, 0) is 25.7 Å². The Morgan fingerprint density at radius 2 is 1.55 bits per heavy atom. The van der Waals surface area contributed by atoms with Crippen LogP contribution in [0.15, 0.2) is 17.7 Å². The maximum absolute atomic E-state index is 13.5. The van der Waals surface area contributed by atoms with Crippen LogP contribution in [0.4, 0.5) is 0 Å². The Bertz CT molecular complexity index is 1030. The zero-order chi connectivity index (χ0) is 23.8. The number of aromatic hydroxyl groups is 1. The Morgan fingerprint density at radius 1 is 1.06 bits per heavy atom. The molecule has 6 heteroatoms. The molecule has 0 aromatic heterocycles. The normalized spacial score (nSPS) is 27.3. The van der Waals surface area contributed by atoms with E-state index >= 15 is 0 Å². The smallest absolute Gasteiger partial charge is 0.265 e. The van der Waals surface area contributed by atoms with Crippen molar-refractivity contribution in [2.24, 2.45) is 16.7 Å². The van der Waals surface area contributed by atoms with Crippen LogP contribution in [0.2, 0.25) is 0 Å². The molecule has 2 unspecified atom stereocenters. The molecule has 5 nitrogen and oxygen atoms in total. The highest BCUT2D eigenvalue weighted by Crippen LogP contribution is 2.66. The van der Waals surface area contributed by atoms with Crippen LogP contribution in [-0.4, -0.2) is 29.6 Å². The first-order valence-electron chi connectivity index (χ1n) is 10.9. The largest absolute Gasteiger partial charge is 0.507 e. The number of ketones is 1. The summed E-state index contributed by atoms with van der Waals surface area (Å²) in [5.74, 6) is -0.485. The second-order valence-corrected chi connectivity index (χ2v) is 13.5. The van der Waals surface area contributed by atoms with E-state index < -0.39 is 26.7 Å². The van der Waals surface area contributed by atoms with Gasteiger partial charge in [-0.2, -0.15) is 8.42 Å². The minimum absolute atomic E-state index is 0.0632. The molecule has 2 atom stereocenters. The minimum Gasteiger partial charge on any atom is -0.507 e. The van der Waals surface area contributed by atoms with Gasteiger partial charge in [0.05, 0.1) is 11.2 Å². The van der Waals surface area contributed by atoms with E-state index in [0.717, 1.165) is 23.1 Å². The van der Waals surface area contributed by atoms with Crippen LogP contribution in [0, 0.1) is 16.7 Å². The lowest BCUT2D eigenvalue weighted by atomic mass is 9.70. The molecule has 0 amide bonds. The number of phenolic OH excluding ortho intramolecular Hbond substituents is 1. The number of benzene rings is 1. The molecule has 0 spiro atoms. The molecule has 2 saturated carbocycles. The molecule has 31 heavy (non-hydrogen) atoms. The molecule has 1 aromatic carbocycles. The number of Topliss-reactive ketones (excluding diaryl/α,β-unsaturated/α-hetero) is 1. The van der Waals surface area contributed by atoms with Gasteiger partial charge in [-0.25, -0.2) is 0 Å². The molecule has 2 N–H and O–H groups in total. The molecule has 0 saturated heterocycles. The third kappa shape index (κ3) is 3.86. The van der Waals surface area contributed by atoms with E-state index in [9.17, 15) is 22.9 Å². The van der Waals surface area contributed by atoms with Gasteiger partial charge in [-0.3, -0.25) is 9.35 Å². The van der Waals surface area contributed by atoms with E-state index in [1.165, 1.54) is 0 Å². The Hall–Kier alpha value is -1.66. The number of hydrogen-bond acceptors (Lipinski definition) is 4. The van der Waals surface area contributed by atoms with Gasteiger partial charge in [0.1, 0.15) is 5.75 Å². The molecule has 2 aliphatic carbocycles. The van der Waals surface area contributed by atoms with Crippen molar-refractivity contribution in [3.8, 4) is 5.75 Å². The first-order valence-corrected chi connectivity index (χ1v) is 12.5. The summed E-state index contributed by atoms with van der Waals surface area (Å²) in [7, 11) is -4.29. The molecular formula is C25H36O5S. The van der Waals surface area contributed by atoms with E-state index in [-0.39, 0.29) is 28.3 Å². The summed E-state index contributed by atoms with van der Waals surface area (Å²) >= 11 is 0. The molecule has 0 heterocycles. The number of rotatable bonds is 3. The lowest BCUT2D eigenvalue weighted by Crippen LogP contribution is -2.42. The second kappa shape index (κ2) is 6.92. The summed E-state index contributed by atoms with van der Waals surface area (Å²) < 4.78 is 33.1. The molecule has 1 aromatic rings. The van der Waals surface area contributed by atoms with Crippen LogP contribution in [0.5, 0.6) is 5.75 Å². The zero-order valence-electron chi connectivity index (χ0n) is 20.0. The zero-order valence-corrected chi connectivity index (χ0v) is 20.8. The molecular weight excluding hydrogens is 412 g/mol. The number of fused-ring (bicyclic) bond motifs is 2. The van der Waals surface area contributed by atoms with E-state index in [1.807, 2.05) is 73.6 Å². The van der Waals surface area contributed by atoms with Gasteiger partial charge in [0.2, 0.25) is 0 Å². The average Bonchev–Trinajstić information content (AvgIpc) is 2.87. The first-order chi connectivity index (χ1) is 13.8. The first kappa shape index (κ1) is 24.0. The van der Waals surface area contributed by atoms with Crippen LogP contribution < -0.4 is 0 Å². The van der Waals surface area contributed by atoms with E-state index in [1.54, 1.807) is 0 Å². The molecule has 2 bridgehead atoms. The van der Waals surface area contributed by atoms with Crippen molar-refractivity contribution >= 4 is 22.0 Å². The van der Waals surface area contributed by atoms with Gasteiger partial charge >= 0.3 is 0 Å². The van der Waals surface area contributed by atoms with Crippen LogP contribution in [0.1, 0.15) is 84.9 Å². The fraction of sp³-hybridized carbons (Fsp3) is 0.640. The number of carbonyl (C=O) groups excluding carboxylic acids is 1. The molecule has 3 rings (SSSR count). The molecule has 0 radical (unpaired) electrons. The van der Waals surface area contributed by atoms with Gasteiger partial charge in [-0.05, 0) is 58.8 Å². The summed E-state index contributed by atoms with van der Waals surface area (Å²) in [5.41, 5.74) is 0.872. The topological polar surface area (TPSA) is 91.7 Å². The van der Waals surface area contributed by atoms with E-state index in [2.05, 4.69) is 0 Å². The maximum atomic E-state index is 13.5. The van der Waals surface area contributed by atoms with Gasteiger partial charge in [0.15, 0.2) is 5.78 Å². The van der Waals surface area contributed by atoms with Crippen LogP contribution in [0.3, 0.4) is 0 Å². The molecule has 172 valence electrons. The predicted octanol–water partition coefficient (Wildman–Crippen LogP) is 5.26. The van der Waals surface area contributed by atoms with Crippen LogP contribution in [0.25, 0.3) is 6.08 Å². The van der Waals surface area contributed by atoms with Gasteiger partial charge in [0, 0.05) is 16.7 Å². The Kier molecular flexibility index (Phi) is 5.35. The Labute approximate surface area is 186 Å². The third-order valence-electron chi connectivity index (χ3n) is 7.54. The monoisotopic (exact) mass is 448 g/mol. The lowest BCUT2D eigenvalue weighted by Gasteiger charge is -2.34. The van der Waals surface area contributed by atoms with Crippen molar-refractivity contribution in [3.63, 3.8) is 0 Å². The van der Waals surface area contributed by atoms with Crippen molar-refractivity contribution in [2.75, 3.05) is 5.75 Å². The van der Waals surface area contributed by atoms with Crippen molar-refractivity contribution in [1.29, 1.82) is 0 Å². The number of carbonyl (C=O) groups is 1. The standard InChI is InChI=1S/C25H36O5S/c1-22(2,3)18-12-15(13-19(20(18)26)23(4,5)6)11-16-17-9-10-25(21(16)27,24(17,7)8)14-31(28,29)30/h11-13,17,26H,9-10,14H2,1-8H3,(H,28,29,30)/b16-11-. The summed E-state index contributed by atoms with van der Waals surface area (Å²) in [4.78, 5) is 13.5. The SMILES string of the molecule is CC(C)(C)c1cc(/C=C2\C(=O)C3(CS(=O)(=O)O)CCC2C3(C)C)cc(C(C)(C)C)c1O. The van der Waals surface area contributed by atoms with Crippen molar-refractivity contribution in [2.45, 2.75) is 79.1 Å². The molecule has 0 aliphatic heterocycles. The highest BCUT2D eigenvalue weighted by molar-refractivity contribution is 7.85. The summed E-state index contributed by atoms with van der Waals surface area (Å²) in [6.45, 7) is 16.1. The fourth-order valence-corrected chi connectivity index (χ4v) is 6.93. The predicted molar refractivity (Wildman–Crippen MR) is 124 cm³/mol. The highest BCUT2D eigenvalue weighted by Gasteiger charge is 2.67. The maximum Gasteiger partial charge on any atom is 0.265 e. The summed E-state index contributed by atoms with van der Waals surface area (Å²) in [5, 5.41) is 11.0. The fourth-order valence-electron chi connectivity index (χ4n) is 5.66. The van der Waals surface area contributed by atoms with E-state index in [0.29, 0.717) is 12.0 Å². The van der Waals surface area contributed by atoms with E-state index in [4.69, 9.17) is 0 Å². The number of phenols is 1. The minimum atomic E-state index is -4.29. The van der Waals surface area contributed by atoms with Crippen LogP contribution >= 0.6 is 0 Å². The summed E-state index contributed by atoms with van der Waals surface area (Å²) in [6, 6.07) is 3.86. The lowest BCUT2D eigenvalue weighted by molar-refractivity contribution is -0.125. The summed E-state index contributed by atoms with van der Waals surface area (Å²) in [6.07, 6.45) is 3.07. The Balaban J connectivity index is 2.20. The second-order valence-electron chi connectivity index (χ2n) is 12.0. The van der Waals surface area contributed by atoms with Crippen molar-refractivity contribution in [1.82, 2.24) is 0 Å². The molecule has 2 aliphatic rings. The van der Waals surface area contributed by atoms with Gasteiger partial charge in [0.25, 0.3) is 10.1 Å². The molecule has 2 fully saturated rings. The van der Waals surface area contributed by atoms with Gasteiger partial charge in [-0.1, -0.05) is 55.4 Å². The number of allylic oxidation sites excluding steroid dienone is 1. The van der Waals surface area contributed by atoms with Crippen molar-refractivity contribution in [3.05, 3.63) is 34.4 Å². The third-order valence-corrected chi connectivity index (χ3v) is 8.39. The van der Waals surface area contributed by atoms with Gasteiger partial charge < -0.3 is 5.11 Å². The quantitative estimate of drug-likeness (QED) is 0.486. The number of hydrogen-bond donors (Lipinski definition) is 2. The van der Waals surface area contributed by atoms with Gasteiger partial charge in [-0.15, -0.1) is 0 Å². The average molecular weight is 449 g/mol.